The van der Waals surface area contributed by atoms with E-state index in [-0.39, 0.29) is 0 Å². The Labute approximate surface area is 140 Å². The molecule has 1 aliphatic carbocycles. The molecule has 1 atom stereocenters. The Morgan fingerprint density at radius 2 is 2.09 bits per heavy atom. The van der Waals surface area contributed by atoms with Crippen LogP contribution in [0.5, 0.6) is 0 Å². The zero-order valence-electron chi connectivity index (χ0n) is 14.8. The molecule has 1 aliphatic heterocycles. The van der Waals surface area contributed by atoms with Gasteiger partial charge in [-0.3, -0.25) is 9.67 Å². The van der Waals surface area contributed by atoms with Crippen molar-refractivity contribution in [3.05, 3.63) is 18.0 Å². The third kappa shape index (κ3) is 4.06. The molecule has 0 radical (unpaired) electrons. The number of hydrogen-bond donors (Lipinski definition) is 1. The Balaban J connectivity index is 1.49. The lowest BCUT2D eigenvalue weighted by molar-refractivity contribution is 0.287. The third-order valence-electron chi connectivity index (χ3n) is 5.58. The number of guanidine groups is 1. The predicted molar refractivity (Wildman–Crippen MR) is 94.6 cm³/mol. The lowest BCUT2D eigenvalue weighted by atomic mass is 9.83. The fraction of sp³-hybridized carbons (Fsp3) is 0.778. The van der Waals surface area contributed by atoms with Gasteiger partial charge < -0.3 is 10.2 Å². The van der Waals surface area contributed by atoms with Crippen molar-refractivity contribution >= 4 is 5.96 Å². The van der Waals surface area contributed by atoms with Gasteiger partial charge in [0.2, 0.25) is 0 Å². The molecule has 23 heavy (non-hydrogen) atoms. The summed E-state index contributed by atoms with van der Waals surface area (Å²) in [6, 6.07) is 0. The molecule has 1 saturated heterocycles. The minimum absolute atomic E-state index is 0.581. The number of nitrogens with zero attached hydrogens (tertiary/aromatic N) is 4. The third-order valence-corrected chi connectivity index (χ3v) is 5.58. The van der Waals surface area contributed by atoms with Crippen molar-refractivity contribution < 1.29 is 0 Å². The van der Waals surface area contributed by atoms with Gasteiger partial charge in [-0.25, -0.2) is 0 Å². The highest BCUT2D eigenvalue weighted by atomic mass is 15.3. The van der Waals surface area contributed by atoms with E-state index in [4.69, 9.17) is 0 Å². The van der Waals surface area contributed by atoms with Crippen molar-refractivity contribution in [2.24, 2.45) is 23.9 Å². The highest BCUT2D eigenvalue weighted by molar-refractivity contribution is 5.80. The molecule has 1 aromatic heterocycles. The van der Waals surface area contributed by atoms with Crippen molar-refractivity contribution in [3.63, 3.8) is 0 Å². The Morgan fingerprint density at radius 3 is 2.74 bits per heavy atom. The summed E-state index contributed by atoms with van der Waals surface area (Å²) in [7, 11) is 3.89. The van der Waals surface area contributed by atoms with Crippen molar-refractivity contribution in [2.45, 2.75) is 44.9 Å². The normalized spacial score (nSPS) is 29.1. The second-order valence-corrected chi connectivity index (χ2v) is 7.43. The van der Waals surface area contributed by atoms with Crippen LogP contribution in [0.1, 0.15) is 50.5 Å². The van der Waals surface area contributed by atoms with Gasteiger partial charge in [0.1, 0.15) is 0 Å². The number of nitrogens with one attached hydrogen (secondary N) is 1. The summed E-state index contributed by atoms with van der Waals surface area (Å²) in [5, 5.41) is 7.94. The smallest absolute Gasteiger partial charge is 0.193 e. The zero-order chi connectivity index (χ0) is 16.2. The van der Waals surface area contributed by atoms with Gasteiger partial charge in [0.05, 0.1) is 6.20 Å². The van der Waals surface area contributed by atoms with Crippen LogP contribution < -0.4 is 5.32 Å². The van der Waals surface area contributed by atoms with Crippen LogP contribution in [0.3, 0.4) is 0 Å². The minimum Gasteiger partial charge on any atom is -0.356 e. The van der Waals surface area contributed by atoms with Crippen molar-refractivity contribution in [2.75, 3.05) is 26.7 Å². The first-order valence-electron chi connectivity index (χ1n) is 9.10. The van der Waals surface area contributed by atoms with Gasteiger partial charge >= 0.3 is 0 Å². The van der Waals surface area contributed by atoms with Crippen LogP contribution in [0.25, 0.3) is 0 Å². The van der Waals surface area contributed by atoms with E-state index < -0.39 is 0 Å². The highest BCUT2D eigenvalue weighted by Gasteiger charge is 2.27. The molecular weight excluding hydrogens is 286 g/mol. The standard InChI is InChI=1S/C18H31N5/c1-14-4-6-15(7-5-14)10-20-18(19-2)23-9-8-16(13-23)17-11-21-22(3)12-17/h11-12,14-16H,4-10,13H2,1-3H3,(H,19,20). The molecular formula is C18H31N5. The van der Waals surface area contributed by atoms with E-state index in [0.29, 0.717) is 5.92 Å². The summed E-state index contributed by atoms with van der Waals surface area (Å²) in [5.74, 6) is 3.40. The van der Waals surface area contributed by atoms with E-state index in [0.717, 1.165) is 37.4 Å². The first-order chi connectivity index (χ1) is 11.2. The minimum atomic E-state index is 0.581. The predicted octanol–water partition coefficient (Wildman–Crippen LogP) is 2.61. The van der Waals surface area contributed by atoms with E-state index in [1.807, 2.05) is 25.0 Å². The van der Waals surface area contributed by atoms with Gasteiger partial charge in [0, 0.05) is 45.8 Å². The SMILES string of the molecule is CN=C(NCC1CCC(C)CC1)N1CCC(c2cnn(C)c2)C1. The number of aryl methyl sites for hydroxylation is 1. The molecule has 0 bridgehead atoms. The van der Waals surface area contributed by atoms with Crippen LogP contribution in [-0.4, -0.2) is 47.3 Å². The summed E-state index contributed by atoms with van der Waals surface area (Å²) in [6.07, 6.45) is 10.8. The molecule has 128 valence electrons. The summed E-state index contributed by atoms with van der Waals surface area (Å²) in [6.45, 7) is 5.59. The van der Waals surface area contributed by atoms with Gasteiger partial charge in [-0.2, -0.15) is 5.10 Å². The Morgan fingerprint density at radius 1 is 1.30 bits per heavy atom. The Kier molecular flexibility index (Phi) is 5.23. The zero-order valence-corrected chi connectivity index (χ0v) is 14.8. The maximum absolute atomic E-state index is 4.51. The second kappa shape index (κ2) is 7.37. The topological polar surface area (TPSA) is 45.5 Å². The molecule has 0 amide bonds. The molecule has 5 nitrogen and oxygen atoms in total. The van der Waals surface area contributed by atoms with E-state index >= 15 is 0 Å². The molecule has 2 heterocycles. The first-order valence-corrected chi connectivity index (χ1v) is 9.10. The van der Waals surface area contributed by atoms with Crippen molar-refractivity contribution in [1.82, 2.24) is 20.0 Å². The molecule has 1 unspecified atom stereocenters. The number of hydrogen-bond acceptors (Lipinski definition) is 2. The fourth-order valence-corrected chi connectivity index (χ4v) is 3.98. The number of aromatic nitrogens is 2. The summed E-state index contributed by atoms with van der Waals surface area (Å²) < 4.78 is 1.90. The maximum atomic E-state index is 4.51. The molecule has 5 heteroatoms. The van der Waals surface area contributed by atoms with E-state index in [1.54, 1.807) is 0 Å². The number of likely N-dealkylation sites (tertiary alicyclic amines) is 1. The lowest BCUT2D eigenvalue weighted by Gasteiger charge is -2.28. The molecule has 1 N–H and O–H groups in total. The van der Waals surface area contributed by atoms with Crippen molar-refractivity contribution in [1.29, 1.82) is 0 Å². The van der Waals surface area contributed by atoms with Crippen LogP contribution in [0.15, 0.2) is 17.4 Å². The summed E-state index contributed by atoms with van der Waals surface area (Å²) in [4.78, 5) is 6.92. The lowest BCUT2D eigenvalue weighted by Crippen LogP contribution is -2.42. The quantitative estimate of drug-likeness (QED) is 0.688. The second-order valence-electron chi connectivity index (χ2n) is 7.43. The van der Waals surface area contributed by atoms with Crippen LogP contribution >= 0.6 is 0 Å². The Hall–Kier alpha value is -1.52. The van der Waals surface area contributed by atoms with E-state index in [1.165, 1.54) is 37.7 Å². The molecule has 0 aromatic carbocycles. The average molecular weight is 317 g/mol. The van der Waals surface area contributed by atoms with Gasteiger partial charge in [-0.1, -0.05) is 19.8 Å². The summed E-state index contributed by atoms with van der Waals surface area (Å²) in [5.41, 5.74) is 1.35. The molecule has 3 rings (SSSR count). The van der Waals surface area contributed by atoms with Gasteiger partial charge in [-0.15, -0.1) is 0 Å². The van der Waals surface area contributed by atoms with E-state index in [9.17, 15) is 0 Å². The van der Waals surface area contributed by atoms with Gasteiger partial charge in [0.25, 0.3) is 0 Å². The first kappa shape index (κ1) is 16.3. The molecule has 1 aromatic rings. The molecule has 2 aliphatic rings. The highest BCUT2D eigenvalue weighted by Crippen LogP contribution is 2.28. The number of aliphatic imine (C=N–C) groups is 1. The van der Waals surface area contributed by atoms with Crippen LogP contribution in [0.4, 0.5) is 0 Å². The summed E-state index contributed by atoms with van der Waals surface area (Å²) >= 11 is 0. The number of rotatable bonds is 3. The molecule has 2 fully saturated rings. The van der Waals surface area contributed by atoms with E-state index in [2.05, 4.69) is 33.4 Å². The fourth-order valence-electron chi connectivity index (χ4n) is 3.98. The van der Waals surface area contributed by atoms with Gasteiger partial charge in [0.15, 0.2) is 5.96 Å². The van der Waals surface area contributed by atoms with Crippen molar-refractivity contribution in [3.8, 4) is 0 Å². The molecule has 1 saturated carbocycles. The molecule has 0 spiro atoms. The van der Waals surface area contributed by atoms with Crippen LogP contribution in [0, 0.1) is 11.8 Å². The Bertz CT molecular complexity index is 527. The van der Waals surface area contributed by atoms with Gasteiger partial charge in [-0.05, 0) is 36.7 Å². The largest absolute Gasteiger partial charge is 0.356 e. The van der Waals surface area contributed by atoms with Crippen LogP contribution in [0.2, 0.25) is 0 Å². The van der Waals surface area contributed by atoms with Crippen LogP contribution in [-0.2, 0) is 7.05 Å². The maximum Gasteiger partial charge on any atom is 0.193 e. The monoisotopic (exact) mass is 317 g/mol. The average Bonchev–Trinajstić information content (AvgIpc) is 3.19.